The molecule has 0 aromatic rings. The summed E-state index contributed by atoms with van der Waals surface area (Å²) in [5, 5.41) is 0. The zero-order valence-corrected chi connectivity index (χ0v) is 10.7. The maximum atomic E-state index is 12.2. The highest BCUT2D eigenvalue weighted by atomic mass is 16.2. The maximum absolute atomic E-state index is 12.2. The van der Waals surface area contributed by atoms with Gasteiger partial charge in [-0.3, -0.25) is 9.59 Å². The van der Waals surface area contributed by atoms with Gasteiger partial charge in [-0.15, -0.1) is 0 Å². The van der Waals surface area contributed by atoms with Gasteiger partial charge in [0.1, 0.15) is 0 Å². The van der Waals surface area contributed by atoms with Crippen molar-refractivity contribution in [2.24, 2.45) is 23.3 Å². The van der Waals surface area contributed by atoms with E-state index in [1.807, 2.05) is 6.92 Å². The lowest BCUT2D eigenvalue weighted by atomic mass is 9.79. The van der Waals surface area contributed by atoms with Crippen molar-refractivity contribution in [2.75, 3.05) is 13.1 Å². The van der Waals surface area contributed by atoms with Crippen LogP contribution in [0.5, 0.6) is 0 Å². The molecule has 0 spiro atoms. The molecule has 3 atom stereocenters. The molecular weight excluding hydrogens is 218 g/mol. The summed E-state index contributed by atoms with van der Waals surface area (Å²) in [4.78, 5) is 24.6. The van der Waals surface area contributed by atoms with Crippen LogP contribution in [0.3, 0.4) is 0 Å². The number of nitrogens with two attached hydrogens (primary N) is 2. The standard InChI is InChI=1S/C12H23N3O2/c1-3-15(7-11(14)16)12(17)9-4-8(2)5-10(13)6-9/h8-10H,3-7,13H2,1-2H3,(H2,14,16). The van der Waals surface area contributed by atoms with Crippen molar-refractivity contribution in [3.8, 4) is 0 Å². The molecule has 3 unspecified atom stereocenters. The Labute approximate surface area is 103 Å². The molecule has 5 heteroatoms. The Hall–Kier alpha value is -1.10. The molecule has 0 bridgehead atoms. The Morgan fingerprint density at radius 2 is 1.94 bits per heavy atom. The van der Waals surface area contributed by atoms with Crippen LogP contribution in [0.15, 0.2) is 0 Å². The largest absolute Gasteiger partial charge is 0.368 e. The van der Waals surface area contributed by atoms with Crippen molar-refractivity contribution < 1.29 is 9.59 Å². The van der Waals surface area contributed by atoms with Crippen LogP contribution in [-0.2, 0) is 9.59 Å². The predicted octanol–water partition coefficient (Wildman–Crippen LogP) is 0.0837. The number of primary amides is 1. The van der Waals surface area contributed by atoms with Gasteiger partial charge in [0.05, 0.1) is 6.54 Å². The van der Waals surface area contributed by atoms with Gasteiger partial charge in [0, 0.05) is 18.5 Å². The number of likely N-dealkylation sites (N-methyl/N-ethyl adjacent to an activating group) is 1. The molecule has 1 aliphatic carbocycles. The molecule has 17 heavy (non-hydrogen) atoms. The van der Waals surface area contributed by atoms with Crippen LogP contribution < -0.4 is 11.5 Å². The molecule has 0 heterocycles. The summed E-state index contributed by atoms with van der Waals surface area (Å²) >= 11 is 0. The van der Waals surface area contributed by atoms with Crippen molar-refractivity contribution in [1.82, 2.24) is 4.90 Å². The zero-order chi connectivity index (χ0) is 13.0. The SMILES string of the molecule is CCN(CC(N)=O)C(=O)C1CC(C)CC(N)C1. The molecule has 1 rings (SSSR count). The smallest absolute Gasteiger partial charge is 0.237 e. The van der Waals surface area contributed by atoms with Gasteiger partial charge in [-0.05, 0) is 32.1 Å². The summed E-state index contributed by atoms with van der Waals surface area (Å²) in [5.41, 5.74) is 11.1. The van der Waals surface area contributed by atoms with E-state index in [1.165, 1.54) is 4.90 Å². The Bertz CT molecular complexity index is 283. The summed E-state index contributed by atoms with van der Waals surface area (Å²) in [5.74, 6) is -0.0188. The van der Waals surface area contributed by atoms with Gasteiger partial charge in [-0.2, -0.15) is 0 Å². The van der Waals surface area contributed by atoms with Gasteiger partial charge in [0.15, 0.2) is 0 Å². The highest BCUT2D eigenvalue weighted by Crippen LogP contribution is 2.29. The second-order valence-corrected chi connectivity index (χ2v) is 5.09. The monoisotopic (exact) mass is 241 g/mol. The van der Waals surface area contributed by atoms with Crippen molar-refractivity contribution in [3.63, 3.8) is 0 Å². The summed E-state index contributed by atoms with van der Waals surface area (Å²) in [6.45, 7) is 4.49. The van der Waals surface area contributed by atoms with Crippen LogP contribution in [0.25, 0.3) is 0 Å². The van der Waals surface area contributed by atoms with Crippen molar-refractivity contribution in [3.05, 3.63) is 0 Å². The normalized spacial score (nSPS) is 28.8. The third kappa shape index (κ3) is 4.00. The molecular formula is C12H23N3O2. The highest BCUT2D eigenvalue weighted by Gasteiger charge is 2.31. The van der Waals surface area contributed by atoms with E-state index < -0.39 is 5.91 Å². The second-order valence-electron chi connectivity index (χ2n) is 5.09. The number of carbonyl (C=O) groups excluding carboxylic acids is 2. The molecule has 0 radical (unpaired) electrons. The molecule has 2 amide bonds. The molecule has 1 aliphatic rings. The zero-order valence-electron chi connectivity index (χ0n) is 10.7. The number of amides is 2. The van der Waals surface area contributed by atoms with Gasteiger partial charge >= 0.3 is 0 Å². The van der Waals surface area contributed by atoms with E-state index in [2.05, 4.69) is 6.92 Å². The van der Waals surface area contributed by atoms with E-state index in [0.29, 0.717) is 12.5 Å². The van der Waals surface area contributed by atoms with Crippen molar-refractivity contribution in [2.45, 2.75) is 39.2 Å². The molecule has 5 nitrogen and oxygen atoms in total. The summed E-state index contributed by atoms with van der Waals surface area (Å²) in [6, 6.07) is 0.0972. The van der Waals surface area contributed by atoms with Crippen LogP contribution in [0.1, 0.15) is 33.1 Å². The lowest BCUT2D eigenvalue weighted by Crippen LogP contribution is -2.45. The number of hydrogen-bond donors (Lipinski definition) is 2. The van der Waals surface area contributed by atoms with E-state index in [4.69, 9.17) is 11.5 Å². The molecule has 0 aromatic carbocycles. The number of carbonyl (C=O) groups is 2. The third-order valence-corrected chi connectivity index (χ3v) is 3.37. The van der Waals surface area contributed by atoms with Crippen molar-refractivity contribution >= 4 is 11.8 Å². The third-order valence-electron chi connectivity index (χ3n) is 3.37. The van der Waals surface area contributed by atoms with Crippen molar-refractivity contribution in [1.29, 1.82) is 0 Å². The van der Waals surface area contributed by atoms with Gasteiger partial charge in [0.2, 0.25) is 11.8 Å². The van der Waals surface area contributed by atoms with E-state index in [1.54, 1.807) is 0 Å². The number of hydrogen-bond acceptors (Lipinski definition) is 3. The first kappa shape index (κ1) is 14.0. The maximum Gasteiger partial charge on any atom is 0.237 e. The van der Waals surface area contributed by atoms with Crippen LogP contribution in [0.4, 0.5) is 0 Å². The van der Waals surface area contributed by atoms with Crippen LogP contribution >= 0.6 is 0 Å². The molecule has 0 aliphatic heterocycles. The van der Waals surface area contributed by atoms with Crippen LogP contribution in [-0.4, -0.2) is 35.8 Å². The molecule has 1 saturated carbocycles. The van der Waals surface area contributed by atoms with Gasteiger partial charge in [0.25, 0.3) is 0 Å². The number of nitrogens with zero attached hydrogens (tertiary/aromatic N) is 1. The fraction of sp³-hybridized carbons (Fsp3) is 0.833. The summed E-state index contributed by atoms with van der Waals surface area (Å²) in [7, 11) is 0. The Morgan fingerprint density at radius 3 is 2.41 bits per heavy atom. The minimum Gasteiger partial charge on any atom is -0.368 e. The topological polar surface area (TPSA) is 89.4 Å². The highest BCUT2D eigenvalue weighted by molar-refractivity contribution is 5.85. The molecule has 4 N–H and O–H groups in total. The lowest BCUT2D eigenvalue weighted by Gasteiger charge is -2.33. The molecule has 1 fully saturated rings. The molecule has 0 saturated heterocycles. The van der Waals surface area contributed by atoms with E-state index in [0.717, 1.165) is 19.3 Å². The quantitative estimate of drug-likeness (QED) is 0.730. The first-order chi connectivity index (χ1) is 7.93. The minimum absolute atomic E-state index is 0.00938. The van der Waals surface area contributed by atoms with Gasteiger partial charge < -0.3 is 16.4 Å². The lowest BCUT2D eigenvalue weighted by molar-refractivity contribution is -0.140. The molecule has 98 valence electrons. The predicted molar refractivity (Wildman–Crippen MR) is 65.9 cm³/mol. The minimum atomic E-state index is -0.464. The summed E-state index contributed by atoms with van der Waals surface area (Å²) < 4.78 is 0. The van der Waals surface area contributed by atoms with Gasteiger partial charge in [-0.25, -0.2) is 0 Å². The summed E-state index contributed by atoms with van der Waals surface area (Å²) in [6.07, 6.45) is 2.56. The van der Waals surface area contributed by atoms with Crippen LogP contribution in [0.2, 0.25) is 0 Å². The first-order valence-corrected chi connectivity index (χ1v) is 6.26. The fourth-order valence-electron chi connectivity index (χ4n) is 2.65. The Kier molecular flexibility index (Phi) is 4.93. The first-order valence-electron chi connectivity index (χ1n) is 6.26. The fourth-order valence-corrected chi connectivity index (χ4v) is 2.65. The Morgan fingerprint density at radius 1 is 1.29 bits per heavy atom. The Balaban J connectivity index is 2.63. The van der Waals surface area contributed by atoms with Crippen LogP contribution in [0, 0.1) is 11.8 Å². The number of rotatable bonds is 4. The second kappa shape index (κ2) is 6.00. The molecule has 0 aromatic heterocycles. The van der Waals surface area contributed by atoms with E-state index >= 15 is 0 Å². The van der Waals surface area contributed by atoms with E-state index in [9.17, 15) is 9.59 Å². The van der Waals surface area contributed by atoms with Gasteiger partial charge in [-0.1, -0.05) is 6.92 Å². The average molecular weight is 241 g/mol. The average Bonchev–Trinajstić information content (AvgIpc) is 2.23. The van der Waals surface area contributed by atoms with E-state index in [-0.39, 0.29) is 24.4 Å².